The number of carbonyl (C=O) groups is 3. The molecule has 1 N–H and O–H groups in total. The average Bonchev–Trinajstić information content (AvgIpc) is 2.89. The molecule has 0 spiro atoms. The van der Waals surface area contributed by atoms with Gasteiger partial charge in [0.2, 0.25) is 11.8 Å². The largest absolute Gasteiger partial charge is 0.334 e. The summed E-state index contributed by atoms with van der Waals surface area (Å²) in [5, 5.41) is 6.33. The molecule has 2 aromatic rings. The molecule has 4 amide bonds. The van der Waals surface area contributed by atoms with Crippen molar-refractivity contribution >= 4 is 17.8 Å². The summed E-state index contributed by atoms with van der Waals surface area (Å²) >= 11 is 0. The van der Waals surface area contributed by atoms with Crippen molar-refractivity contribution in [3.05, 3.63) is 71.5 Å². The number of nitrogens with one attached hydrogen (secondary N) is 1. The van der Waals surface area contributed by atoms with Crippen LogP contribution in [0.3, 0.4) is 0 Å². The average molecular weight is 496 g/mol. The lowest BCUT2D eigenvalue weighted by Crippen LogP contribution is -2.76. The van der Waals surface area contributed by atoms with Gasteiger partial charge in [0, 0.05) is 19.6 Å². The first-order valence-electron chi connectivity index (χ1n) is 12.6. The number of halogens is 1. The first-order chi connectivity index (χ1) is 17.4. The van der Waals surface area contributed by atoms with Crippen LogP contribution in [-0.4, -0.2) is 69.5 Å². The van der Waals surface area contributed by atoms with Gasteiger partial charge in [0.15, 0.2) is 0 Å². The highest BCUT2D eigenvalue weighted by Crippen LogP contribution is 2.29. The first kappa shape index (κ1) is 25.6. The van der Waals surface area contributed by atoms with E-state index in [-0.39, 0.29) is 43.3 Å². The van der Waals surface area contributed by atoms with Gasteiger partial charge in [0.05, 0.1) is 13.1 Å². The van der Waals surface area contributed by atoms with Crippen LogP contribution in [0.5, 0.6) is 0 Å². The molecule has 8 nitrogen and oxygen atoms in total. The number of hydrazine groups is 1. The van der Waals surface area contributed by atoms with E-state index in [4.69, 9.17) is 0 Å². The Morgan fingerprint density at radius 1 is 1.03 bits per heavy atom. The maximum atomic E-state index is 13.6. The molecule has 0 aromatic heterocycles. The second-order valence-electron chi connectivity index (χ2n) is 9.25. The number of carbonyl (C=O) groups excluding carboxylic acids is 3. The molecule has 2 atom stereocenters. The minimum absolute atomic E-state index is 0.0413. The Bertz CT molecular complexity index is 1060. The van der Waals surface area contributed by atoms with Crippen LogP contribution in [0.4, 0.5) is 9.18 Å². The minimum Gasteiger partial charge on any atom is -0.333 e. The number of benzene rings is 2. The molecule has 0 radical (unpaired) electrons. The van der Waals surface area contributed by atoms with Gasteiger partial charge in [0.1, 0.15) is 18.0 Å². The molecule has 4 rings (SSSR count). The zero-order valence-electron chi connectivity index (χ0n) is 20.9. The van der Waals surface area contributed by atoms with Crippen LogP contribution in [0.25, 0.3) is 0 Å². The van der Waals surface area contributed by atoms with Crippen molar-refractivity contribution < 1.29 is 18.8 Å². The normalized spacial score (nSPS) is 20.5. The summed E-state index contributed by atoms with van der Waals surface area (Å²) < 4.78 is 13.4. The lowest BCUT2D eigenvalue weighted by Gasteiger charge is -2.55. The molecule has 9 heteroatoms. The third-order valence-electron chi connectivity index (χ3n) is 6.81. The third-order valence-corrected chi connectivity index (χ3v) is 6.81. The van der Waals surface area contributed by atoms with E-state index in [1.165, 1.54) is 12.1 Å². The van der Waals surface area contributed by atoms with Gasteiger partial charge >= 0.3 is 6.03 Å². The summed E-state index contributed by atoms with van der Waals surface area (Å²) in [6.07, 6.45) is 1.58. The number of nitrogens with zero attached hydrogens (tertiary/aromatic N) is 4. The molecular formula is C27H34FN5O3. The van der Waals surface area contributed by atoms with E-state index in [2.05, 4.69) is 5.32 Å². The van der Waals surface area contributed by atoms with Crippen LogP contribution in [-0.2, 0) is 22.7 Å². The summed E-state index contributed by atoms with van der Waals surface area (Å²) in [5.74, 6) is -0.620. The van der Waals surface area contributed by atoms with Crippen molar-refractivity contribution in [1.82, 2.24) is 25.1 Å². The van der Waals surface area contributed by atoms with Gasteiger partial charge in [-0.25, -0.2) is 19.2 Å². The summed E-state index contributed by atoms with van der Waals surface area (Å²) in [4.78, 5) is 43.7. The predicted octanol–water partition coefficient (Wildman–Crippen LogP) is 3.34. The number of hydrogen-bond donors (Lipinski definition) is 1. The number of likely N-dealkylation sites (N-methyl/N-ethyl adjacent to an activating group) is 1. The van der Waals surface area contributed by atoms with Crippen molar-refractivity contribution in [2.45, 2.75) is 58.4 Å². The Labute approximate surface area is 211 Å². The van der Waals surface area contributed by atoms with E-state index in [1.807, 2.05) is 44.2 Å². The molecule has 2 aliphatic heterocycles. The minimum atomic E-state index is -0.639. The molecular weight excluding hydrogens is 461 g/mol. The second-order valence-corrected chi connectivity index (χ2v) is 9.25. The first-order valence-corrected chi connectivity index (χ1v) is 12.6. The number of urea groups is 1. The maximum absolute atomic E-state index is 13.6. The van der Waals surface area contributed by atoms with Crippen LogP contribution in [0, 0.1) is 5.82 Å². The lowest BCUT2D eigenvalue weighted by molar-refractivity contribution is -0.190. The van der Waals surface area contributed by atoms with Gasteiger partial charge in [0.25, 0.3) is 0 Å². The Hall–Kier alpha value is -3.46. The van der Waals surface area contributed by atoms with Crippen LogP contribution in [0.1, 0.15) is 44.2 Å². The summed E-state index contributed by atoms with van der Waals surface area (Å²) in [6, 6.07) is 14.7. The topological polar surface area (TPSA) is 76.2 Å². The number of rotatable bonds is 8. The number of piperazine rings is 1. The van der Waals surface area contributed by atoms with Gasteiger partial charge < -0.3 is 15.1 Å². The number of unbranched alkanes of at least 4 members (excludes halogenated alkanes) is 1. The molecule has 192 valence electrons. The highest BCUT2D eigenvalue weighted by molar-refractivity contribution is 5.91. The fourth-order valence-electron chi connectivity index (χ4n) is 4.95. The van der Waals surface area contributed by atoms with Crippen LogP contribution < -0.4 is 5.32 Å². The summed E-state index contributed by atoms with van der Waals surface area (Å²) in [6.45, 7) is 5.28. The van der Waals surface area contributed by atoms with Crippen LogP contribution in [0.2, 0.25) is 0 Å². The SMILES string of the molecule is CCCC[C@H]1C(=O)N(Cc2ccc(F)cc2)C[C@H]2N1C(=O)CN(CC)N2C(=O)NCc1ccccc1. The van der Waals surface area contributed by atoms with Gasteiger partial charge in [-0.3, -0.25) is 9.59 Å². The smallest absolute Gasteiger partial charge is 0.333 e. The quantitative estimate of drug-likeness (QED) is 0.610. The summed E-state index contributed by atoms with van der Waals surface area (Å²) in [5.41, 5.74) is 1.76. The van der Waals surface area contributed by atoms with Crippen molar-refractivity contribution in [3.63, 3.8) is 0 Å². The Balaban J connectivity index is 1.62. The highest BCUT2D eigenvalue weighted by atomic mass is 19.1. The molecule has 2 aliphatic rings. The standard InChI is InChI=1S/C27H34FN5O3/c1-3-5-11-23-26(35)30(17-21-12-14-22(28)15-13-21)18-24-32(23)25(34)19-31(4-2)33(24)27(36)29-16-20-9-7-6-8-10-20/h6-10,12-15,23-24H,3-5,11,16-19H2,1-2H3,(H,29,36)/t23-,24-/m0/s1. The second kappa shape index (κ2) is 11.5. The van der Waals surface area contributed by atoms with E-state index in [9.17, 15) is 18.8 Å². The van der Waals surface area contributed by atoms with Crippen LogP contribution >= 0.6 is 0 Å². The molecule has 0 bridgehead atoms. The molecule has 2 heterocycles. The van der Waals surface area contributed by atoms with Crippen molar-refractivity contribution in [2.24, 2.45) is 0 Å². The predicted molar refractivity (Wildman–Crippen MR) is 134 cm³/mol. The van der Waals surface area contributed by atoms with Gasteiger partial charge in [-0.05, 0) is 29.7 Å². The molecule has 0 unspecified atom stereocenters. The van der Waals surface area contributed by atoms with Gasteiger partial charge in [-0.2, -0.15) is 0 Å². The molecule has 2 aromatic carbocycles. The zero-order valence-corrected chi connectivity index (χ0v) is 20.9. The molecule has 2 saturated heterocycles. The van der Waals surface area contributed by atoms with Gasteiger partial charge in [-0.1, -0.05) is 69.2 Å². The zero-order chi connectivity index (χ0) is 25.7. The van der Waals surface area contributed by atoms with E-state index < -0.39 is 12.2 Å². The number of amides is 4. The van der Waals surface area contributed by atoms with Crippen molar-refractivity contribution in [2.75, 3.05) is 19.6 Å². The molecule has 36 heavy (non-hydrogen) atoms. The Morgan fingerprint density at radius 2 is 1.75 bits per heavy atom. The third kappa shape index (κ3) is 5.51. The van der Waals surface area contributed by atoms with Gasteiger partial charge in [-0.15, -0.1) is 0 Å². The Kier molecular flexibility index (Phi) is 8.20. The number of hydrogen-bond acceptors (Lipinski definition) is 4. The molecule has 0 saturated carbocycles. The van der Waals surface area contributed by atoms with Crippen LogP contribution in [0.15, 0.2) is 54.6 Å². The molecule has 0 aliphatic carbocycles. The fraction of sp³-hybridized carbons (Fsp3) is 0.444. The fourth-order valence-corrected chi connectivity index (χ4v) is 4.95. The van der Waals surface area contributed by atoms with E-state index in [0.717, 1.165) is 24.0 Å². The monoisotopic (exact) mass is 495 g/mol. The lowest BCUT2D eigenvalue weighted by atomic mass is 10.0. The molecule has 2 fully saturated rings. The number of fused-ring (bicyclic) bond motifs is 1. The maximum Gasteiger partial charge on any atom is 0.334 e. The Morgan fingerprint density at radius 3 is 2.42 bits per heavy atom. The van der Waals surface area contributed by atoms with E-state index in [0.29, 0.717) is 19.5 Å². The van der Waals surface area contributed by atoms with E-state index in [1.54, 1.807) is 32.0 Å². The van der Waals surface area contributed by atoms with Crippen molar-refractivity contribution in [3.8, 4) is 0 Å². The van der Waals surface area contributed by atoms with Crippen molar-refractivity contribution in [1.29, 1.82) is 0 Å². The highest BCUT2D eigenvalue weighted by Gasteiger charge is 2.50. The van der Waals surface area contributed by atoms with E-state index >= 15 is 0 Å². The summed E-state index contributed by atoms with van der Waals surface area (Å²) in [7, 11) is 0.